The first-order valence-corrected chi connectivity index (χ1v) is 9.37. The Morgan fingerprint density at radius 1 is 1.07 bits per heavy atom. The predicted octanol–water partition coefficient (Wildman–Crippen LogP) is 0.507. The fraction of sp³-hybridized carbons (Fsp3) is 0.118. The molecule has 1 unspecified atom stereocenters. The molecule has 142 valence electrons. The van der Waals surface area contributed by atoms with Gasteiger partial charge in [0.25, 0.3) is 0 Å². The summed E-state index contributed by atoms with van der Waals surface area (Å²) in [6.07, 6.45) is 0. The number of halogens is 2. The predicted molar refractivity (Wildman–Crippen MR) is 101 cm³/mol. The van der Waals surface area contributed by atoms with Crippen molar-refractivity contribution in [1.82, 2.24) is 0 Å². The van der Waals surface area contributed by atoms with E-state index in [1.807, 2.05) is 0 Å². The number of hydrogen-bond acceptors (Lipinski definition) is 6. The molecule has 3 rings (SSSR count). The van der Waals surface area contributed by atoms with Crippen LogP contribution in [0.25, 0.3) is 0 Å². The Morgan fingerprint density at radius 3 is 2.31 bits per heavy atom. The van der Waals surface area contributed by atoms with Crippen molar-refractivity contribution in [2.24, 2.45) is 5.73 Å². The topological polar surface area (TPSA) is 95.7 Å². The van der Waals surface area contributed by atoms with Gasteiger partial charge in [0.05, 0.1) is 20.2 Å². The molecule has 2 aromatic rings. The molecule has 1 atom stereocenters. The second-order valence-electron chi connectivity index (χ2n) is 6.16. The molecule has 12 heteroatoms. The van der Waals surface area contributed by atoms with Crippen molar-refractivity contribution in [3.05, 3.63) is 82.9 Å². The Bertz CT molecular complexity index is 1130. The number of carbonyl (C=O) groups excluding carboxylic acids is 1. The number of carbonyl (C=O) groups is 1. The van der Waals surface area contributed by atoms with E-state index in [1.54, 1.807) is 6.07 Å². The summed E-state index contributed by atoms with van der Waals surface area (Å²) in [6.45, 7) is 0. The lowest BCUT2D eigenvalue weighted by Gasteiger charge is -2.26. The number of rotatable bonds is 5. The number of benzene rings is 2. The standard InChI is InChI=1S/C17H10B3F2NO5S/c18-16(10-7-4-8-11(21)12(10)22)14(24)13(15(23)27-16)28-29(25,26)17(19,20)9-5-2-1-3-6-9/h1-8H,23H2. The van der Waals surface area contributed by atoms with Crippen LogP contribution in [0.3, 0.4) is 0 Å². The smallest absolute Gasteiger partial charge is 0.302 e. The van der Waals surface area contributed by atoms with Gasteiger partial charge in [-0.05, 0) is 11.6 Å². The number of hydrogen-bond donors (Lipinski definition) is 1. The van der Waals surface area contributed by atoms with E-state index in [0.29, 0.717) is 0 Å². The van der Waals surface area contributed by atoms with E-state index in [9.17, 15) is 22.0 Å². The molecule has 29 heavy (non-hydrogen) atoms. The van der Waals surface area contributed by atoms with E-state index in [0.717, 1.165) is 18.2 Å². The van der Waals surface area contributed by atoms with Crippen LogP contribution in [0.2, 0.25) is 0 Å². The molecule has 2 N–H and O–H groups in total. The zero-order chi connectivity index (χ0) is 21.6. The lowest BCUT2D eigenvalue weighted by molar-refractivity contribution is -0.126. The molecule has 1 heterocycles. The fourth-order valence-corrected chi connectivity index (χ4v) is 3.56. The van der Waals surface area contributed by atoms with E-state index < -0.39 is 54.8 Å². The monoisotopic (exact) mass is 411 g/mol. The first kappa shape index (κ1) is 21.0. The molecule has 0 aromatic heterocycles. The maximum absolute atomic E-state index is 14.1. The van der Waals surface area contributed by atoms with Gasteiger partial charge in [0.15, 0.2) is 25.0 Å². The summed E-state index contributed by atoms with van der Waals surface area (Å²) < 4.78 is 60.0. The highest BCUT2D eigenvalue weighted by atomic mass is 32.2. The van der Waals surface area contributed by atoms with Crippen molar-refractivity contribution in [1.29, 1.82) is 0 Å². The molecule has 0 fully saturated rings. The minimum absolute atomic E-state index is 0.0549. The van der Waals surface area contributed by atoms with Crippen LogP contribution in [0.4, 0.5) is 8.78 Å². The van der Waals surface area contributed by atoms with Gasteiger partial charge in [0, 0.05) is 5.56 Å². The van der Waals surface area contributed by atoms with Gasteiger partial charge in [0.2, 0.25) is 17.4 Å². The summed E-state index contributed by atoms with van der Waals surface area (Å²) in [7, 11) is 12.3. The minimum atomic E-state index is -4.92. The Morgan fingerprint density at radius 2 is 1.69 bits per heavy atom. The molecule has 1 aliphatic heterocycles. The third-order valence-electron chi connectivity index (χ3n) is 4.22. The lowest BCUT2D eigenvalue weighted by atomic mass is 9.65. The van der Waals surface area contributed by atoms with Gasteiger partial charge >= 0.3 is 10.1 Å². The molecule has 0 saturated heterocycles. The third-order valence-corrected chi connectivity index (χ3v) is 5.67. The Labute approximate surface area is 169 Å². The number of ketones is 1. The van der Waals surface area contributed by atoms with Crippen LogP contribution < -0.4 is 5.73 Å². The van der Waals surface area contributed by atoms with Crippen molar-refractivity contribution >= 4 is 39.4 Å². The molecule has 0 bridgehead atoms. The van der Waals surface area contributed by atoms with Crippen LogP contribution in [0.1, 0.15) is 11.1 Å². The Kier molecular flexibility index (Phi) is 5.02. The van der Waals surface area contributed by atoms with E-state index in [-0.39, 0.29) is 5.56 Å². The number of Topliss-reactive ketones (excluding diaryl/α,β-unsaturated/α-hetero) is 1. The summed E-state index contributed by atoms with van der Waals surface area (Å²) in [6, 6.07) is 10.0. The zero-order valence-electron chi connectivity index (χ0n) is 14.6. The molecule has 0 saturated carbocycles. The molecule has 0 aliphatic carbocycles. The highest BCUT2D eigenvalue weighted by molar-refractivity contribution is 7.90. The summed E-state index contributed by atoms with van der Waals surface area (Å²) in [5, 5.41) is 0. The van der Waals surface area contributed by atoms with Crippen LogP contribution in [-0.4, -0.2) is 37.7 Å². The second kappa shape index (κ2) is 6.94. The van der Waals surface area contributed by atoms with Crippen LogP contribution >= 0.6 is 0 Å². The molecule has 0 amide bonds. The first-order chi connectivity index (χ1) is 13.4. The highest BCUT2D eigenvalue weighted by Gasteiger charge is 2.51. The summed E-state index contributed by atoms with van der Waals surface area (Å²) in [5.41, 5.74) is 2.11. The summed E-state index contributed by atoms with van der Waals surface area (Å²) in [4.78, 5) is 12.7. The average Bonchev–Trinajstić information content (AvgIpc) is 2.88. The molecule has 2 aromatic carbocycles. The van der Waals surface area contributed by atoms with Crippen LogP contribution in [-0.2, 0) is 33.9 Å². The van der Waals surface area contributed by atoms with Crippen LogP contribution in [0.5, 0.6) is 0 Å². The van der Waals surface area contributed by atoms with Crippen molar-refractivity contribution in [2.75, 3.05) is 0 Å². The van der Waals surface area contributed by atoms with Gasteiger partial charge in [-0.3, -0.25) is 4.79 Å². The molecule has 1 aliphatic rings. The molecule has 6 radical (unpaired) electrons. The van der Waals surface area contributed by atoms with Crippen molar-refractivity contribution in [3.63, 3.8) is 0 Å². The zero-order valence-corrected chi connectivity index (χ0v) is 15.5. The van der Waals surface area contributed by atoms with Gasteiger partial charge in [-0.25, -0.2) is 8.78 Å². The molecule has 0 spiro atoms. The SMILES string of the molecule is [B]C1(c2cccc(F)c2F)OC(N)=C(OS(=O)(=O)C([B])([B])c2ccccc2)C1=O. The largest absolute Gasteiger partial charge is 0.467 e. The van der Waals surface area contributed by atoms with Gasteiger partial charge in [-0.1, -0.05) is 42.5 Å². The first-order valence-electron chi connectivity index (χ1n) is 7.96. The third kappa shape index (κ3) is 3.31. The highest BCUT2D eigenvalue weighted by Crippen LogP contribution is 2.39. The minimum Gasteiger partial charge on any atom is -0.467 e. The van der Waals surface area contributed by atoms with Gasteiger partial charge < -0.3 is 14.7 Å². The normalized spacial score (nSPS) is 19.9. The van der Waals surface area contributed by atoms with Gasteiger partial charge in [-0.15, -0.1) is 0 Å². The van der Waals surface area contributed by atoms with Crippen LogP contribution in [0, 0.1) is 11.6 Å². The quantitative estimate of drug-likeness (QED) is 0.570. The number of nitrogens with two attached hydrogens (primary N) is 1. The molecular formula is C17H10B3F2NO5S. The lowest BCUT2D eigenvalue weighted by Crippen LogP contribution is -2.40. The Hall–Kier alpha value is -2.75. The van der Waals surface area contributed by atoms with E-state index in [2.05, 4.69) is 0 Å². The number of ether oxygens (including phenoxy) is 1. The molecular weight excluding hydrogens is 401 g/mol. The van der Waals surface area contributed by atoms with E-state index in [4.69, 9.17) is 38.2 Å². The fourth-order valence-electron chi connectivity index (χ4n) is 2.62. The van der Waals surface area contributed by atoms with Crippen molar-refractivity contribution in [3.8, 4) is 0 Å². The van der Waals surface area contributed by atoms with Gasteiger partial charge in [0.1, 0.15) is 0 Å². The van der Waals surface area contributed by atoms with E-state index in [1.165, 1.54) is 24.3 Å². The summed E-state index contributed by atoms with van der Waals surface area (Å²) >= 11 is 0. The van der Waals surface area contributed by atoms with Crippen molar-refractivity contribution in [2.45, 2.75) is 10.0 Å². The average molecular weight is 411 g/mol. The maximum Gasteiger partial charge on any atom is 0.302 e. The summed E-state index contributed by atoms with van der Waals surface area (Å²) in [5.74, 6) is -6.08. The van der Waals surface area contributed by atoms with Crippen LogP contribution in [0.15, 0.2) is 60.2 Å². The van der Waals surface area contributed by atoms with Gasteiger partial charge in [-0.2, -0.15) is 8.42 Å². The Balaban J connectivity index is 1.97. The van der Waals surface area contributed by atoms with E-state index >= 15 is 0 Å². The molecule has 6 nitrogen and oxygen atoms in total. The second-order valence-corrected chi connectivity index (χ2v) is 7.91. The van der Waals surface area contributed by atoms with Crippen molar-refractivity contribution < 1.29 is 30.9 Å². The maximum atomic E-state index is 14.1.